The topological polar surface area (TPSA) is 53.1 Å². The fourth-order valence-corrected chi connectivity index (χ4v) is 2.13. The van der Waals surface area contributed by atoms with E-state index in [9.17, 15) is 0 Å². The van der Waals surface area contributed by atoms with E-state index in [1.165, 1.54) is 0 Å². The van der Waals surface area contributed by atoms with Crippen LogP contribution in [0.25, 0.3) is 5.69 Å². The molecule has 0 bridgehead atoms. The summed E-state index contributed by atoms with van der Waals surface area (Å²) in [5.74, 6) is 0.909. The molecular formula is C13H16ClN3O. The largest absolute Gasteiger partial charge is 0.495 e. The molecule has 2 aromatic rings. The van der Waals surface area contributed by atoms with Gasteiger partial charge in [-0.3, -0.25) is 0 Å². The SMILES string of the molecule is COc1cc(-n2ncc(N)c2C(C)C)ccc1Cl. The summed E-state index contributed by atoms with van der Waals surface area (Å²) in [6, 6.07) is 5.53. The zero-order chi connectivity index (χ0) is 13.3. The van der Waals surface area contributed by atoms with E-state index in [2.05, 4.69) is 18.9 Å². The highest BCUT2D eigenvalue weighted by Crippen LogP contribution is 2.30. The third-order valence-electron chi connectivity index (χ3n) is 2.76. The van der Waals surface area contributed by atoms with Crippen LogP contribution in [0.5, 0.6) is 5.75 Å². The first-order chi connectivity index (χ1) is 8.54. The summed E-state index contributed by atoms with van der Waals surface area (Å²) < 4.78 is 7.03. The third kappa shape index (κ3) is 2.16. The quantitative estimate of drug-likeness (QED) is 0.927. The zero-order valence-corrected chi connectivity index (χ0v) is 11.4. The average Bonchev–Trinajstić information content (AvgIpc) is 2.72. The molecule has 0 spiro atoms. The number of nitrogens with zero attached hydrogens (tertiary/aromatic N) is 2. The number of rotatable bonds is 3. The van der Waals surface area contributed by atoms with Crippen LogP contribution in [0.15, 0.2) is 24.4 Å². The Morgan fingerprint density at radius 3 is 2.72 bits per heavy atom. The van der Waals surface area contributed by atoms with Crippen molar-refractivity contribution in [3.05, 3.63) is 35.1 Å². The smallest absolute Gasteiger partial charge is 0.139 e. The van der Waals surface area contributed by atoms with Crippen molar-refractivity contribution in [3.63, 3.8) is 0 Å². The molecule has 1 aromatic heterocycles. The first kappa shape index (κ1) is 12.8. The molecule has 1 heterocycles. The fourth-order valence-electron chi connectivity index (χ4n) is 1.93. The van der Waals surface area contributed by atoms with Gasteiger partial charge in [-0.2, -0.15) is 5.10 Å². The van der Waals surface area contributed by atoms with E-state index in [1.807, 2.05) is 16.8 Å². The van der Waals surface area contributed by atoms with Crippen LogP contribution in [-0.2, 0) is 0 Å². The van der Waals surface area contributed by atoms with E-state index < -0.39 is 0 Å². The van der Waals surface area contributed by atoms with Crippen molar-refractivity contribution in [2.45, 2.75) is 19.8 Å². The van der Waals surface area contributed by atoms with Crippen LogP contribution in [-0.4, -0.2) is 16.9 Å². The maximum Gasteiger partial charge on any atom is 0.139 e. The lowest BCUT2D eigenvalue weighted by atomic mass is 10.1. The second-order valence-corrected chi connectivity index (χ2v) is 4.78. The third-order valence-corrected chi connectivity index (χ3v) is 3.07. The van der Waals surface area contributed by atoms with Gasteiger partial charge in [0.05, 0.1) is 35.4 Å². The molecule has 4 nitrogen and oxygen atoms in total. The summed E-state index contributed by atoms with van der Waals surface area (Å²) in [5.41, 5.74) is 8.50. The van der Waals surface area contributed by atoms with Gasteiger partial charge >= 0.3 is 0 Å². The standard InChI is InChI=1S/C13H16ClN3O/c1-8(2)13-11(15)7-16-17(13)9-4-5-10(14)12(6-9)18-3/h4-8H,15H2,1-3H3. The van der Waals surface area contributed by atoms with E-state index in [0.717, 1.165) is 11.4 Å². The Morgan fingerprint density at radius 1 is 1.39 bits per heavy atom. The number of nitrogens with two attached hydrogens (primary N) is 1. The van der Waals surface area contributed by atoms with Gasteiger partial charge in [-0.15, -0.1) is 0 Å². The second kappa shape index (κ2) is 4.90. The van der Waals surface area contributed by atoms with Gasteiger partial charge in [0.15, 0.2) is 0 Å². The number of anilines is 1. The summed E-state index contributed by atoms with van der Waals surface area (Å²) in [7, 11) is 1.59. The normalized spacial score (nSPS) is 10.9. The van der Waals surface area contributed by atoms with E-state index in [-0.39, 0.29) is 5.92 Å². The van der Waals surface area contributed by atoms with Gasteiger partial charge in [-0.1, -0.05) is 25.4 Å². The Kier molecular flexibility index (Phi) is 3.48. The Morgan fingerprint density at radius 2 is 2.11 bits per heavy atom. The molecule has 0 atom stereocenters. The molecule has 0 saturated carbocycles. The Hall–Kier alpha value is -1.68. The van der Waals surface area contributed by atoms with Gasteiger partial charge in [0.1, 0.15) is 5.75 Å². The lowest BCUT2D eigenvalue weighted by Crippen LogP contribution is -2.05. The molecular weight excluding hydrogens is 250 g/mol. The fraction of sp³-hybridized carbons (Fsp3) is 0.308. The van der Waals surface area contributed by atoms with Crippen LogP contribution in [0.3, 0.4) is 0 Å². The molecule has 0 fully saturated rings. The predicted octanol–water partition coefficient (Wildman–Crippen LogP) is 3.24. The Bertz CT molecular complexity index is 563. The maximum absolute atomic E-state index is 6.01. The summed E-state index contributed by atoms with van der Waals surface area (Å²) in [6.45, 7) is 4.16. The van der Waals surface area contributed by atoms with Crippen LogP contribution in [0.4, 0.5) is 5.69 Å². The van der Waals surface area contributed by atoms with Crippen molar-refractivity contribution in [1.82, 2.24) is 9.78 Å². The molecule has 0 saturated heterocycles. The van der Waals surface area contributed by atoms with Crippen molar-refractivity contribution >= 4 is 17.3 Å². The van der Waals surface area contributed by atoms with Crippen LogP contribution in [0.1, 0.15) is 25.5 Å². The van der Waals surface area contributed by atoms with Gasteiger partial charge < -0.3 is 10.5 Å². The number of aromatic nitrogens is 2. The first-order valence-electron chi connectivity index (χ1n) is 5.72. The van der Waals surface area contributed by atoms with Gasteiger partial charge in [-0.25, -0.2) is 4.68 Å². The van der Waals surface area contributed by atoms with E-state index in [4.69, 9.17) is 22.1 Å². The summed E-state index contributed by atoms with van der Waals surface area (Å²) >= 11 is 6.01. The van der Waals surface area contributed by atoms with E-state index in [0.29, 0.717) is 16.5 Å². The number of halogens is 1. The van der Waals surface area contributed by atoms with Crippen molar-refractivity contribution in [3.8, 4) is 11.4 Å². The highest BCUT2D eigenvalue weighted by atomic mass is 35.5. The molecule has 0 aliphatic carbocycles. The maximum atomic E-state index is 6.01. The van der Waals surface area contributed by atoms with Gasteiger partial charge in [0.2, 0.25) is 0 Å². The highest BCUT2D eigenvalue weighted by Gasteiger charge is 2.14. The van der Waals surface area contributed by atoms with Crippen LogP contribution >= 0.6 is 11.6 Å². The van der Waals surface area contributed by atoms with Crippen LogP contribution in [0.2, 0.25) is 5.02 Å². The number of benzene rings is 1. The minimum Gasteiger partial charge on any atom is -0.495 e. The summed E-state index contributed by atoms with van der Waals surface area (Å²) in [5, 5.41) is 4.88. The zero-order valence-electron chi connectivity index (χ0n) is 10.6. The van der Waals surface area contributed by atoms with E-state index >= 15 is 0 Å². The first-order valence-corrected chi connectivity index (χ1v) is 6.09. The number of methoxy groups -OCH3 is 1. The number of hydrogen-bond acceptors (Lipinski definition) is 3. The van der Waals surface area contributed by atoms with Crippen LogP contribution < -0.4 is 10.5 Å². The number of ether oxygens (including phenoxy) is 1. The summed E-state index contributed by atoms with van der Waals surface area (Å²) in [6.07, 6.45) is 1.66. The minimum absolute atomic E-state index is 0.286. The second-order valence-electron chi connectivity index (χ2n) is 4.37. The van der Waals surface area contributed by atoms with Gasteiger partial charge in [0.25, 0.3) is 0 Å². The minimum atomic E-state index is 0.286. The Balaban J connectivity index is 2.55. The monoisotopic (exact) mass is 265 g/mol. The molecule has 0 unspecified atom stereocenters. The van der Waals surface area contributed by atoms with Crippen molar-refractivity contribution in [2.75, 3.05) is 12.8 Å². The highest BCUT2D eigenvalue weighted by molar-refractivity contribution is 6.32. The molecule has 0 aliphatic rings. The molecule has 18 heavy (non-hydrogen) atoms. The molecule has 96 valence electrons. The Labute approximate surface area is 111 Å². The average molecular weight is 266 g/mol. The lowest BCUT2D eigenvalue weighted by Gasteiger charge is -2.12. The van der Waals surface area contributed by atoms with Crippen molar-refractivity contribution in [2.24, 2.45) is 0 Å². The van der Waals surface area contributed by atoms with Gasteiger partial charge in [-0.05, 0) is 18.1 Å². The molecule has 0 amide bonds. The number of hydrogen-bond donors (Lipinski definition) is 1. The number of nitrogen functional groups attached to an aromatic ring is 1. The van der Waals surface area contributed by atoms with Crippen molar-refractivity contribution in [1.29, 1.82) is 0 Å². The molecule has 1 aromatic carbocycles. The molecule has 5 heteroatoms. The molecule has 2 N–H and O–H groups in total. The molecule has 0 aliphatic heterocycles. The van der Waals surface area contributed by atoms with Gasteiger partial charge in [0, 0.05) is 6.07 Å². The molecule has 2 rings (SSSR count). The summed E-state index contributed by atoms with van der Waals surface area (Å²) in [4.78, 5) is 0. The molecule has 0 radical (unpaired) electrons. The van der Waals surface area contributed by atoms with Crippen molar-refractivity contribution < 1.29 is 4.74 Å². The van der Waals surface area contributed by atoms with E-state index in [1.54, 1.807) is 19.4 Å². The lowest BCUT2D eigenvalue weighted by molar-refractivity contribution is 0.414. The van der Waals surface area contributed by atoms with Crippen LogP contribution in [0, 0.1) is 0 Å². The predicted molar refractivity (Wildman–Crippen MR) is 73.6 cm³/mol.